The van der Waals surface area contributed by atoms with Gasteiger partial charge in [-0.15, -0.1) is 10.2 Å². The highest BCUT2D eigenvalue weighted by Gasteiger charge is 2.31. The molecule has 8 nitrogen and oxygen atoms in total. The summed E-state index contributed by atoms with van der Waals surface area (Å²) in [6.45, 7) is 0. The van der Waals surface area contributed by atoms with E-state index in [1.165, 1.54) is 6.07 Å². The van der Waals surface area contributed by atoms with Gasteiger partial charge in [-0.1, -0.05) is 12.1 Å². The minimum atomic E-state index is -0.558. The van der Waals surface area contributed by atoms with Gasteiger partial charge in [0, 0.05) is 6.04 Å². The molecular weight excluding hydrogens is 347 g/mol. The zero-order chi connectivity index (χ0) is 17.4. The molecule has 1 fully saturated rings. The van der Waals surface area contributed by atoms with E-state index in [2.05, 4.69) is 20.2 Å². The summed E-state index contributed by atoms with van der Waals surface area (Å²) in [5, 5.41) is 19.8. The Balaban J connectivity index is 1.69. The molecule has 0 atom stereocenters. The summed E-state index contributed by atoms with van der Waals surface area (Å²) in [5.41, 5.74) is 0.207. The second-order valence-corrected chi connectivity index (χ2v) is 6.40. The Morgan fingerprint density at radius 2 is 1.92 bits per heavy atom. The van der Waals surface area contributed by atoms with Crippen LogP contribution in [0.5, 0.6) is 0 Å². The minimum Gasteiger partial charge on any atom is -0.298 e. The fourth-order valence-corrected chi connectivity index (χ4v) is 3.16. The number of hydrogen-bond acceptors (Lipinski definition) is 7. The standard InChI is InChI=1S/C15H11FN6O2S/c16-12-4-2-1-3-11(12)13-19-20-15(21(13)9-5-6-9)25-14-17-7-10(8-18-14)22(23)24/h1-4,7-9H,5-6H2. The van der Waals surface area contributed by atoms with Crippen LogP contribution in [0.2, 0.25) is 0 Å². The number of rotatable bonds is 5. The SMILES string of the molecule is O=[N+]([O-])c1cnc(Sc2nnc(-c3ccccc3F)n2C2CC2)nc1. The summed E-state index contributed by atoms with van der Waals surface area (Å²) >= 11 is 1.15. The average molecular weight is 358 g/mol. The molecule has 1 aromatic carbocycles. The van der Waals surface area contributed by atoms with Crippen molar-refractivity contribution in [2.75, 3.05) is 0 Å². The summed E-state index contributed by atoms with van der Waals surface area (Å²) in [6, 6.07) is 6.63. The molecule has 0 amide bonds. The van der Waals surface area contributed by atoms with E-state index in [1.54, 1.807) is 18.2 Å². The average Bonchev–Trinajstić information content (AvgIpc) is 3.37. The molecule has 2 aromatic heterocycles. The Labute approximate surface area is 145 Å². The molecule has 0 aliphatic heterocycles. The van der Waals surface area contributed by atoms with Crippen LogP contribution in [0.3, 0.4) is 0 Å². The van der Waals surface area contributed by atoms with Crippen LogP contribution < -0.4 is 0 Å². The van der Waals surface area contributed by atoms with Gasteiger partial charge in [0.2, 0.25) is 0 Å². The Hall–Kier alpha value is -2.88. The Morgan fingerprint density at radius 1 is 1.20 bits per heavy atom. The molecule has 1 saturated carbocycles. The summed E-state index contributed by atoms with van der Waals surface area (Å²) < 4.78 is 16.0. The van der Waals surface area contributed by atoms with Gasteiger partial charge < -0.3 is 0 Å². The van der Waals surface area contributed by atoms with Crippen molar-refractivity contribution in [2.24, 2.45) is 0 Å². The van der Waals surface area contributed by atoms with Crippen LogP contribution in [0.4, 0.5) is 10.1 Å². The maximum absolute atomic E-state index is 14.1. The molecular formula is C15H11FN6O2S. The quantitative estimate of drug-likeness (QED) is 0.392. The van der Waals surface area contributed by atoms with E-state index in [0.717, 1.165) is 37.0 Å². The van der Waals surface area contributed by atoms with Crippen molar-refractivity contribution in [3.05, 3.63) is 52.6 Å². The topological polar surface area (TPSA) is 99.6 Å². The third kappa shape index (κ3) is 3.07. The maximum Gasteiger partial charge on any atom is 0.305 e. The van der Waals surface area contributed by atoms with Crippen LogP contribution in [-0.2, 0) is 0 Å². The highest BCUT2D eigenvalue weighted by atomic mass is 32.2. The van der Waals surface area contributed by atoms with E-state index in [1.807, 2.05) is 4.57 Å². The van der Waals surface area contributed by atoms with Crippen molar-refractivity contribution in [1.29, 1.82) is 0 Å². The smallest absolute Gasteiger partial charge is 0.298 e. The number of aromatic nitrogens is 5. The summed E-state index contributed by atoms with van der Waals surface area (Å²) in [4.78, 5) is 18.1. The Morgan fingerprint density at radius 3 is 2.56 bits per heavy atom. The van der Waals surface area contributed by atoms with Crippen molar-refractivity contribution in [3.63, 3.8) is 0 Å². The Kier molecular flexibility index (Phi) is 3.88. The molecule has 1 aliphatic carbocycles. The summed E-state index contributed by atoms with van der Waals surface area (Å²) in [5.74, 6) is 0.102. The fraction of sp³-hybridized carbons (Fsp3) is 0.200. The van der Waals surface area contributed by atoms with Crippen LogP contribution in [0, 0.1) is 15.9 Å². The molecule has 0 unspecified atom stereocenters. The molecule has 126 valence electrons. The van der Waals surface area contributed by atoms with E-state index >= 15 is 0 Å². The molecule has 0 spiro atoms. The lowest BCUT2D eigenvalue weighted by Gasteiger charge is -2.08. The van der Waals surface area contributed by atoms with Crippen molar-refractivity contribution in [2.45, 2.75) is 29.2 Å². The number of hydrogen-bond donors (Lipinski definition) is 0. The van der Waals surface area contributed by atoms with E-state index in [0.29, 0.717) is 21.7 Å². The summed E-state index contributed by atoms with van der Waals surface area (Å²) in [6.07, 6.45) is 4.22. The van der Waals surface area contributed by atoms with Gasteiger partial charge >= 0.3 is 5.69 Å². The number of halogens is 1. The predicted molar refractivity (Wildman–Crippen MR) is 86.5 cm³/mol. The molecule has 0 saturated heterocycles. The number of nitrogens with zero attached hydrogens (tertiary/aromatic N) is 6. The zero-order valence-electron chi connectivity index (χ0n) is 12.7. The largest absolute Gasteiger partial charge is 0.305 e. The number of benzene rings is 1. The fourth-order valence-electron chi connectivity index (χ4n) is 2.37. The lowest BCUT2D eigenvalue weighted by atomic mass is 10.2. The first-order valence-corrected chi connectivity index (χ1v) is 8.29. The highest BCUT2D eigenvalue weighted by molar-refractivity contribution is 7.99. The van der Waals surface area contributed by atoms with Gasteiger partial charge in [0.15, 0.2) is 16.1 Å². The molecule has 2 heterocycles. The normalized spacial score (nSPS) is 13.8. The first-order valence-electron chi connectivity index (χ1n) is 7.47. The lowest BCUT2D eigenvalue weighted by molar-refractivity contribution is -0.385. The van der Waals surface area contributed by atoms with E-state index < -0.39 is 4.92 Å². The third-order valence-corrected chi connectivity index (χ3v) is 4.55. The minimum absolute atomic E-state index is 0.181. The Bertz CT molecular complexity index is 941. The molecule has 1 aliphatic rings. The van der Waals surface area contributed by atoms with Gasteiger partial charge in [-0.05, 0) is 36.7 Å². The highest BCUT2D eigenvalue weighted by Crippen LogP contribution is 2.42. The van der Waals surface area contributed by atoms with Gasteiger partial charge in [-0.25, -0.2) is 14.4 Å². The van der Waals surface area contributed by atoms with Gasteiger partial charge in [-0.3, -0.25) is 14.7 Å². The van der Waals surface area contributed by atoms with Crippen LogP contribution in [-0.4, -0.2) is 29.7 Å². The van der Waals surface area contributed by atoms with Gasteiger partial charge in [0.05, 0.1) is 10.5 Å². The van der Waals surface area contributed by atoms with Gasteiger partial charge in [-0.2, -0.15) is 0 Å². The monoisotopic (exact) mass is 358 g/mol. The second kappa shape index (κ2) is 6.20. The van der Waals surface area contributed by atoms with E-state index in [4.69, 9.17) is 0 Å². The maximum atomic E-state index is 14.1. The van der Waals surface area contributed by atoms with Gasteiger partial charge in [0.25, 0.3) is 0 Å². The molecule has 10 heteroatoms. The van der Waals surface area contributed by atoms with E-state index in [-0.39, 0.29) is 17.5 Å². The van der Waals surface area contributed by atoms with Gasteiger partial charge in [0.1, 0.15) is 18.2 Å². The first kappa shape index (κ1) is 15.6. The predicted octanol–water partition coefficient (Wildman–Crippen LogP) is 3.27. The molecule has 0 radical (unpaired) electrons. The van der Waals surface area contributed by atoms with Crippen molar-refractivity contribution in [3.8, 4) is 11.4 Å². The molecule has 3 aromatic rings. The molecule has 0 bridgehead atoms. The van der Waals surface area contributed by atoms with Crippen LogP contribution in [0.15, 0.2) is 47.0 Å². The second-order valence-electron chi connectivity index (χ2n) is 5.47. The third-order valence-electron chi connectivity index (χ3n) is 3.70. The van der Waals surface area contributed by atoms with Crippen LogP contribution in [0.1, 0.15) is 18.9 Å². The number of nitro groups is 1. The summed E-state index contributed by atoms with van der Waals surface area (Å²) in [7, 11) is 0. The molecule has 0 N–H and O–H groups in total. The lowest BCUT2D eigenvalue weighted by Crippen LogP contribution is -2.01. The van der Waals surface area contributed by atoms with E-state index in [9.17, 15) is 14.5 Å². The van der Waals surface area contributed by atoms with Crippen LogP contribution in [0.25, 0.3) is 11.4 Å². The van der Waals surface area contributed by atoms with Crippen molar-refractivity contribution in [1.82, 2.24) is 24.7 Å². The van der Waals surface area contributed by atoms with Crippen molar-refractivity contribution < 1.29 is 9.31 Å². The molecule has 4 rings (SSSR count). The van der Waals surface area contributed by atoms with Crippen molar-refractivity contribution >= 4 is 17.4 Å². The molecule has 25 heavy (non-hydrogen) atoms. The first-order chi connectivity index (χ1) is 12.1. The van der Waals surface area contributed by atoms with Crippen LogP contribution >= 0.6 is 11.8 Å². The zero-order valence-corrected chi connectivity index (χ0v) is 13.6.